The van der Waals surface area contributed by atoms with Gasteiger partial charge < -0.3 is 18.3 Å². The number of hydrogen-bond acceptors (Lipinski definition) is 5. The summed E-state index contributed by atoms with van der Waals surface area (Å²) >= 11 is 0. The maximum absolute atomic E-state index is 13.3. The van der Waals surface area contributed by atoms with Gasteiger partial charge >= 0.3 is 5.63 Å². The number of furan rings is 1. The van der Waals surface area contributed by atoms with Gasteiger partial charge in [-0.05, 0) is 49.4 Å². The van der Waals surface area contributed by atoms with Crippen LogP contribution in [-0.4, -0.2) is 28.5 Å². The van der Waals surface area contributed by atoms with Crippen LogP contribution in [0.25, 0.3) is 21.9 Å². The van der Waals surface area contributed by atoms with Crippen molar-refractivity contribution >= 4 is 27.8 Å². The fourth-order valence-electron chi connectivity index (χ4n) is 5.60. The number of nitrogens with zero attached hydrogens (tertiary/aromatic N) is 2. The topological polar surface area (TPSA) is 85.7 Å². The standard InChI is InChI=1S/C26H24N2O5/c1-14-13-32-22-9-23-19(7-18(14)22)15(2)20(26(31)33-23)8-25(30)27-10-16-6-17(12-27)21-4-3-5-24(29)28(21)11-16/h3-5,7,9,13,16-17H,6,8,10-12H2,1-2H3/t16-,17-/m0/s1. The number of aryl methyl sites for hydroxylation is 2. The average Bonchev–Trinajstić information content (AvgIpc) is 3.15. The highest BCUT2D eigenvalue weighted by atomic mass is 16.4. The molecule has 0 aliphatic carbocycles. The molecule has 1 aromatic carbocycles. The lowest BCUT2D eigenvalue weighted by Crippen LogP contribution is -2.49. The number of hydrogen-bond donors (Lipinski definition) is 0. The number of fused-ring (bicyclic) bond motifs is 6. The minimum Gasteiger partial charge on any atom is -0.464 e. The molecule has 2 aliphatic rings. The van der Waals surface area contributed by atoms with Gasteiger partial charge in [0.15, 0.2) is 0 Å². The Morgan fingerprint density at radius 2 is 1.91 bits per heavy atom. The first-order valence-corrected chi connectivity index (χ1v) is 11.3. The summed E-state index contributed by atoms with van der Waals surface area (Å²) < 4.78 is 13.0. The monoisotopic (exact) mass is 444 g/mol. The zero-order valence-corrected chi connectivity index (χ0v) is 18.6. The number of carbonyl (C=O) groups is 1. The van der Waals surface area contributed by atoms with Gasteiger partial charge in [-0.25, -0.2) is 4.79 Å². The van der Waals surface area contributed by atoms with Crippen molar-refractivity contribution in [1.82, 2.24) is 9.47 Å². The molecular formula is C26H24N2O5. The molecule has 7 nitrogen and oxygen atoms in total. The highest BCUT2D eigenvalue weighted by molar-refractivity contribution is 5.96. The maximum Gasteiger partial charge on any atom is 0.340 e. The Labute approximate surface area is 189 Å². The molecule has 4 aromatic rings. The van der Waals surface area contributed by atoms with Gasteiger partial charge in [-0.1, -0.05) is 6.07 Å². The van der Waals surface area contributed by atoms with Gasteiger partial charge in [0.05, 0.1) is 18.2 Å². The van der Waals surface area contributed by atoms with Gasteiger partial charge in [0.1, 0.15) is 11.2 Å². The van der Waals surface area contributed by atoms with E-state index in [1.54, 1.807) is 24.5 Å². The normalized spacial score (nSPS) is 19.8. The second-order valence-electron chi connectivity index (χ2n) is 9.43. The Morgan fingerprint density at radius 1 is 1.06 bits per heavy atom. The minimum absolute atomic E-state index is 0.00749. The Hall–Kier alpha value is -3.61. The van der Waals surface area contributed by atoms with Crippen molar-refractivity contribution in [2.45, 2.75) is 39.2 Å². The van der Waals surface area contributed by atoms with E-state index in [-0.39, 0.29) is 29.7 Å². The van der Waals surface area contributed by atoms with Crippen LogP contribution in [0.1, 0.15) is 34.7 Å². The molecule has 3 aromatic heterocycles. The average molecular weight is 444 g/mol. The summed E-state index contributed by atoms with van der Waals surface area (Å²) in [6.45, 7) is 5.63. The maximum atomic E-state index is 13.3. The van der Waals surface area contributed by atoms with Crippen LogP contribution in [0, 0.1) is 19.8 Å². The number of carbonyl (C=O) groups excluding carboxylic acids is 1. The van der Waals surface area contributed by atoms with E-state index in [1.165, 1.54) is 0 Å². The minimum atomic E-state index is -0.481. The van der Waals surface area contributed by atoms with Crippen LogP contribution in [-0.2, 0) is 17.8 Å². The molecule has 2 aliphatic heterocycles. The van der Waals surface area contributed by atoms with E-state index in [0.29, 0.717) is 36.4 Å². The Kier molecular flexibility index (Phi) is 4.37. The molecule has 6 rings (SSSR count). The van der Waals surface area contributed by atoms with Crippen LogP contribution >= 0.6 is 0 Å². The van der Waals surface area contributed by atoms with Crippen LogP contribution in [0.2, 0.25) is 0 Å². The molecule has 1 amide bonds. The molecule has 5 heterocycles. The molecule has 0 radical (unpaired) electrons. The fraction of sp³-hybridized carbons (Fsp3) is 0.346. The molecule has 7 heteroatoms. The highest BCUT2D eigenvalue weighted by Gasteiger charge is 2.36. The van der Waals surface area contributed by atoms with Crippen LogP contribution in [0.15, 0.2) is 55.0 Å². The van der Waals surface area contributed by atoms with Gasteiger partial charge in [0.2, 0.25) is 5.91 Å². The Bertz CT molecular complexity index is 1560. The van der Waals surface area contributed by atoms with Crippen LogP contribution in [0.3, 0.4) is 0 Å². The SMILES string of the molecule is Cc1coc2cc3oc(=O)c(CC(=O)N4C[C@@H]5C[C@@H](C4)c4cccc(=O)n4C5)c(C)c3cc12. The highest BCUT2D eigenvalue weighted by Crippen LogP contribution is 2.35. The van der Waals surface area contributed by atoms with Gasteiger partial charge in [-0.3, -0.25) is 9.59 Å². The molecule has 0 spiro atoms. The zero-order valence-electron chi connectivity index (χ0n) is 18.6. The third-order valence-corrected chi connectivity index (χ3v) is 7.34. The molecular weight excluding hydrogens is 420 g/mol. The van der Waals surface area contributed by atoms with Crippen molar-refractivity contribution in [3.63, 3.8) is 0 Å². The quantitative estimate of drug-likeness (QED) is 0.442. The van der Waals surface area contributed by atoms with Crippen molar-refractivity contribution in [3.8, 4) is 0 Å². The smallest absolute Gasteiger partial charge is 0.340 e. The molecule has 1 saturated heterocycles. The Balaban J connectivity index is 1.32. The van der Waals surface area contributed by atoms with Crippen molar-refractivity contribution in [3.05, 3.63) is 79.8 Å². The van der Waals surface area contributed by atoms with Crippen molar-refractivity contribution < 1.29 is 13.6 Å². The first-order chi connectivity index (χ1) is 15.9. The summed E-state index contributed by atoms with van der Waals surface area (Å²) in [5.41, 5.74) is 3.85. The summed E-state index contributed by atoms with van der Waals surface area (Å²) in [4.78, 5) is 40.2. The van der Waals surface area contributed by atoms with Crippen molar-refractivity contribution in [1.29, 1.82) is 0 Å². The van der Waals surface area contributed by atoms with Gasteiger partial charge in [0, 0.05) is 54.2 Å². The number of likely N-dealkylation sites (tertiary alicyclic amines) is 1. The van der Waals surface area contributed by atoms with E-state index >= 15 is 0 Å². The summed E-state index contributed by atoms with van der Waals surface area (Å²) in [6.07, 6.45) is 2.67. The first-order valence-electron chi connectivity index (χ1n) is 11.3. The van der Waals surface area contributed by atoms with Crippen LogP contribution in [0.5, 0.6) is 0 Å². The number of rotatable bonds is 2. The van der Waals surface area contributed by atoms with Crippen molar-refractivity contribution in [2.24, 2.45) is 5.92 Å². The number of benzene rings is 1. The molecule has 2 atom stereocenters. The summed E-state index contributed by atoms with van der Waals surface area (Å²) in [6, 6.07) is 9.07. The third kappa shape index (κ3) is 3.14. The molecule has 33 heavy (non-hydrogen) atoms. The van der Waals surface area contributed by atoms with E-state index in [4.69, 9.17) is 8.83 Å². The Morgan fingerprint density at radius 3 is 2.76 bits per heavy atom. The second-order valence-corrected chi connectivity index (χ2v) is 9.43. The van der Waals surface area contributed by atoms with E-state index in [1.807, 2.05) is 35.4 Å². The van der Waals surface area contributed by atoms with E-state index in [9.17, 15) is 14.4 Å². The van der Waals surface area contributed by atoms with E-state index in [0.717, 1.165) is 34.0 Å². The molecule has 168 valence electrons. The molecule has 2 bridgehead atoms. The van der Waals surface area contributed by atoms with Crippen LogP contribution < -0.4 is 11.2 Å². The fourth-order valence-corrected chi connectivity index (χ4v) is 5.60. The zero-order chi connectivity index (χ0) is 22.9. The van der Waals surface area contributed by atoms with Crippen molar-refractivity contribution in [2.75, 3.05) is 13.1 Å². The van der Waals surface area contributed by atoms with Gasteiger partial charge in [-0.2, -0.15) is 0 Å². The summed E-state index contributed by atoms with van der Waals surface area (Å²) in [7, 11) is 0. The molecule has 0 unspecified atom stereocenters. The van der Waals surface area contributed by atoms with Crippen LogP contribution in [0.4, 0.5) is 0 Å². The van der Waals surface area contributed by atoms with E-state index in [2.05, 4.69) is 0 Å². The van der Waals surface area contributed by atoms with E-state index < -0.39 is 5.63 Å². The predicted molar refractivity (Wildman–Crippen MR) is 124 cm³/mol. The second kappa shape index (κ2) is 7.20. The lowest BCUT2D eigenvalue weighted by molar-refractivity contribution is -0.133. The summed E-state index contributed by atoms with van der Waals surface area (Å²) in [5, 5.41) is 1.78. The summed E-state index contributed by atoms with van der Waals surface area (Å²) in [5.74, 6) is 0.306. The third-order valence-electron chi connectivity index (χ3n) is 7.34. The van der Waals surface area contributed by atoms with Gasteiger partial charge in [0.25, 0.3) is 5.56 Å². The predicted octanol–water partition coefficient (Wildman–Crippen LogP) is 3.51. The number of amides is 1. The molecule has 0 saturated carbocycles. The number of aromatic nitrogens is 1. The molecule has 0 N–H and O–H groups in total. The molecule has 1 fully saturated rings. The largest absolute Gasteiger partial charge is 0.464 e. The lowest BCUT2D eigenvalue weighted by atomic mass is 9.83. The lowest BCUT2D eigenvalue weighted by Gasteiger charge is -2.42. The number of piperidine rings is 1. The number of pyridine rings is 1. The first kappa shape index (κ1) is 20.0. The van der Waals surface area contributed by atoms with Gasteiger partial charge in [-0.15, -0.1) is 0 Å².